The number of benzodiazepines with no additional fused rings is 1. The van der Waals surface area contributed by atoms with Crippen LogP contribution < -0.4 is 5.32 Å². The maximum absolute atomic E-state index is 12.8. The summed E-state index contributed by atoms with van der Waals surface area (Å²) < 4.78 is 10.6. The molecule has 0 spiro atoms. The van der Waals surface area contributed by atoms with Crippen LogP contribution in [0.5, 0.6) is 0 Å². The third-order valence-electron chi connectivity index (χ3n) is 5.09. The van der Waals surface area contributed by atoms with Crippen LogP contribution in [-0.4, -0.2) is 74.9 Å². The molecule has 6 atom stereocenters. The monoisotopic (exact) mass is 462 g/mol. The fourth-order valence-corrected chi connectivity index (χ4v) is 3.64. The maximum Gasteiger partial charge on any atom is 0.335 e. The van der Waals surface area contributed by atoms with Gasteiger partial charge in [0.05, 0.1) is 11.4 Å². The molecule has 2 heterocycles. The van der Waals surface area contributed by atoms with Gasteiger partial charge in [0, 0.05) is 16.1 Å². The molecule has 168 valence electrons. The number of nitrogens with zero attached hydrogens (tertiary/aromatic N) is 1. The van der Waals surface area contributed by atoms with Crippen molar-refractivity contribution in [1.29, 1.82) is 0 Å². The molecule has 2 aromatic rings. The molecule has 0 saturated carbocycles. The summed E-state index contributed by atoms with van der Waals surface area (Å²) in [7, 11) is 0. The van der Waals surface area contributed by atoms with E-state index in [-0.39, 0.29) is 0 Å². The molecule has 11 heteroatoms. The third-order valence-corrected chi connectivity index (χ3v) is 5.32. The Morgan fingerprint density at radius 1 is 1.06 bits per heavy atom. The normalized spacial score (nSPS) is 30.0. The van der Waals surface area contributed by atoms with Crippen LogP contribution in [0.25, 0.3) is 0 Å². The van der Waals surface area contributed by atoms with Gasteiger partial charge in [0.25, 0.3) is 5.91 Å². The van der Waals surface area contributed by atoms with Crippen molar-refractivity contribution in [3.63, 3.8) is 0 Å². The average Bonchev–Trinajstić information content (AvgIpc) is 2.90. The smallest absolute Gasteiger partial charge is 0.335 e. The molecule has 0 aliphatic carbocycles. The van der Waals surface area contributed by atoms with E-state index in [0.717, 1.165) is 0 Å². The first kappa shape index (κ1) is 22.3. The van der Waals surface area contributed by atoms with E-state index in [2.05, 4.69) is 10.3 Å². The number of hydrogen-bond acceptors (Lipinski definition) is 8. The molecule has 2 aromatic carbocycles. The summed E-state index contributed by atoms with van der Waals surface area (Å²) in [6.07, 6.45) is -10.8. The molecule has 1 saturated heterocycles. The number of fused-ring (bicyclic) bond motifs is 1. The van der Waals surface area contributed by atoms with Crippen molar-refractivity contribution in [3.05, 3.63) is 64.7 Å². The summed E-state index contributed by atoms with van der Waals surface area (Å²) in [6, 6.07) is 13.7. The van der Waals surface area contributed by atoms with Gasteiger partial charge in [-0.15, -0.1) is 0 Å². The van der Waals surface area contributed by atoms with Crippen molar-refractivity contribution in [2.45, 2.75) is 36.9 Å². The van der Waals surface area contributed by atoms with Gasteiger partial charge < -0.3 is 35.2 Å². The Labute approximate surface area is 186 Å². The van der Waals surface area contributed by atoms with E-state index in [0.29, 0.717) is 27.5 Å². The first-order chi connectivity index (χ1) is 15.3. The zero-order valence-electron chi connectivity index (χ0n) is 16.3. The number of anilines is 1. The molecule has 0 aromatic heterocycles. The highest BCUT2D eigenvalue weighted by atomic mass is 35.5. The lowest BCUT2D eigenvalue weighted by Crippen LogP contribution is -2.61. The third kappa shape index (κ3) is 4.24. The van der Waals surface area contributed by atoms with Gasteiger partial charge in [-0.2, -0.15) is 0 Å². The van der Waals surface area contributed by atoms with E-state index >= 15 is 0 Å². The largest absolute Gasteiger partial charge is 0.479 e. The number of aliphatic hydroxyl groups is 3. The van der Waals surface area contributed by atoms with Gasteiger partial charge in [0.15, 0.2) is 12.4 Å². The predicted octanol–water partition coefficient (Wildman–Crippen LogP) is 0.364. The Balaban J connectivity index is 1.72. The Kier molecular flexibility index (Phi) is 6.24. The van der Waals surface area contributed by atoms with Crippen molar-refractivity contribution in [1.82, 2.24) is 0 Å². The summed E-state index contributed by atoms with van der Waals surface area (Å²) in [6.45, 7) is 0. The number of aliphatic imine (C=N–C) groups is 1. The number of ether oxygens (including phenoxy) is 2. The topological polar surface area (TPSA) is 158 Å². The number of halogens is 1. The van der Waals surface area contributed by atoms with Crippen molar-refractivity contribution in [3.8, 4) is 0 Å². The van der Waals surface area contributed by atoms with Gasteiger partial charge in [-0.05, 0) is 18.2 Å². The number of nitrogens with one attached hydrogen (secondary N) is 1. The Bertz CT molecular complexity index is 1060. The van der Waals surface area contributed by atoms with Gasteiger partial charge in [0.2, 0.25) is 6.23 Å². The molecule has 0 bridgehead atoms. The number of carbonyl (C=O) groups is 2. The van der Waals surface area contributed by atoms with Crippen molar-refractivity contribution < 1.29 is 39.5 Å². The lowest BCUT2D eigenvalue weighted by atomic mass is 9.99. The van der Waals surface area contributed by atoms with Gasteiger partial charge in [-0.3, -0.25) is 4.79 Å². The zero-order valence-corrected chi connectivity index (χ0v) is 17.1. The number of carboxylic acids is 1. The molecule has 0 unspecified atom stereocenters. The highest BCUT2D eigenvalue weighted by Gasteiger charge is 2.48. The van der Waals surface area contributed by atoms with Crippen LogP contribution in [-0.2, 0) is 19.1 Å². The number of rotatable bonds is 4. The molecule has 0 radical (unpaired) electrons. The quantitative estimate of drug-likeness (QED) is 0.436. The molecule has 1 fully saturated rings. The number of aliphatic hydroxyl groups excluding tert-OH is 3. The minimum atomic E-state index is -1.89. The molecule has 32 heavy (non-hydrogen) atoms. The lowest BCUT2D eigenvalue weighted by Gasteiger charge is -2.39. The fourth-order valence-electron chi connectivity index (χ4n) is 3.47. The van der Waals surface area contributed by atoms with E-state index in [1.807, 2.05) is 6.07 Å². The first-order valence-corrected chi connectivity index (χ1v) is 9.96. The molecule has 10 nitrogen and oxygen atoms in total. The average molecular weight is 463 g/mol. The summed E-state index contributed by atoms with van der Waals surface area (Å²) in [5.74, 6) is -2.29. The van der Waals surface area contributed by atoms with E-state index in [9.17, 15) is 30.0 Å². The number of carbonyl (C=O) groups excluding carboxylic acids is 1. The SMILES string of the molecule is O=C(O)[C@H]1O[C@@H](O[C@@H]2N=C(c3ccccc3)c3cc(Cl)ccc3NC2=O)[C@H](O)[C@@H](O)[C@@H]1O. The van der Waals surface area contributed by atoms with Crippen LogP contribution in [0.4, 0.5) is 5.69 Å². The molecular formula is C21H19ClN2O8. The van der Waals surface area contributed by atoms with E-state index in [4.69, 9.17) is 21.1 Å². The highest BCUT2D eigenvalue weighted by molar-refractivity contribution is 6.32. The summed E-state index contributed by atoms with van der Waals surface area (Å²) >= 11 is 6.15. The number of carboxylic acid groups (broad SMARTS) is 1. The minimum absolute atomic E-state index is 0.354. The van der Waals surface area contributed by atoms with Gasteiger partial charge in [-0.1, -0.05) is 41.9 Å². The summed E-state index contributed by atoms with van der Waals surface area (Å²) in [5.41, 5.74) is 1.93. The van der Waals surface area contributed by atoms with Crippen LogP contribution in [0.2, 0.25) is 5.02 Å². The summed E-state index contributed by atoms with van der Waals surface area (Å²) in [5, 5.41) is 42.4. The van der Waals surface area contributed by atoms with Crippen LogP contribution in [0.3, 0.4) is 0 Å². The van der Waals surface area contributed by atoms with E-state index in [1.165, 1.54) is 0 Å². The zero-order chi connectivity index (χ0) is 23.0. The molecule has 2 aliphatic heterocycles. The number of hydrogen-bond donors (Lipinski definition) is 5. The predicted molar refractivity (Wildman–Crippen MR) is 111 cm³/mol. The molecule has 1 amide bonds. The van der Waals surface area contributed by atoms with Crippen LogP contribution >= 0.6 is 11.6 Å². The second-order valence-electron chi connectivity index (χ2n) is 7.25. The Morgan fingerprint density at radius 3 is 2.47 bits per heavy atom. The van der Waals surface area contributed by atoms with Crippen molar-refractivity contribution in [2.24, 2.45) is 4.99 Å². The number of amides is 1. The number of aliphatic carboxylic acids is 1. The van der Waals surface area contributed by atoms with Crippen LogP contribution in [0, 0.1) is 0 Å². The molecular weight excluding hydrogens is 444 g/mol. The van der Waals surface area contributed by atoms with E-state index < -0.39 is 48.8 Å². The fraction of sp³-hybridized carbons (Fsp3) is 0.286. The minimum Gasteiger partial charge on any atom is -0.479 e. The lowest BCUT2D eigenvalue weighted by molar-refractivity contribution is -0.300. The second kappa shape index (κ2) is 8.94. The Morgan fingerprint density at radius 2 is 1.78 bits per heavy atom. The Hall–Kier alpha value is -2.86. The summed E-state index contributed by atoms with van der Waals surface area (Å²) in [4.78, 5) is 28.6. The second-order valence-corrected chi connectivity index (χ2v) is 7.68. The van der Waals surface area contributed by atoms with Crippen molar-refractivity contribution in [2.75, 3.05) is 5.32 Å². The highest BCUT2D eigenvalue weighted by Crippen LogP contribution is 2.29. The van der Waals surface area contributed by atoms with E-state index in [1.54, 1.807) is 42.5 Å². The molecule has 2 aliphatic rings. The van der Waals surface area contributed by atoms with Crippen LogP contribution in [0.1, 0.15) is 11.1 Å². The first-order valence-electron chi connectivity index (χ1n) is 9.58. The molecule has 4 rings (SSSR count). The van der Waals surface area contributed by atoms with Crippen LogP contribution in [0.15, 0.2) is 53.5 Å². The standard InChI is InChI=1S/C21H19ClN2O8/c22-10-6-7-12-11(8-10)13(9-4-2-1-3-5-9)24-19(18(28)23-12)32-21-16(27)14(25)15(26)17(31-21)20(29)30/h1-8,14-17,19,21,25-27H,(H,23,28)(H,29,30)/t14-,15-,16+,17-,19-,21-/m0/s1. The van der Waals surface area contributed by atoms with Gasteiger partial charge in [-0.25, -0.2) is 9.79 Å². The number of benzene rings is 2. The van der Waals surface area contributed by atoms with Crippen molar-refractivity contribution >= 4 is 34.9 Å². The van der Waals surface area contributed by atoms with Gasteiger partial charge in [0.1, 0.15) is 18.3 Å². The molecule has 5 N–H and O–H groups in total. The maximum atomic E-state index is 12.8. The van der Waals surface area contributed by atoms with Gasteiger partial charge >= 0.3 is 5.97 Å².